The van der Waals surface area contributed by atoms with Crippen molar-refractivity contribution < 1.29 is 52.6 Å². The number of benzene rings is 3. The zero-order chi connectivity index (χ0) is 59.9. The van der Waals surface area contributed by atoms with E-state index in [1.807, 2.05) is 40.1 Å². The molecule has 0 radical (unpaired) electrons. The van der Waals surface area contributed by atoms with Crippen molar-refractivity contribution in [3.8, 4) is 0 Å². The van der Waals surface area contributed by atoms with E-state index in [4.69, 9.17) is 15.1 Å². The Morgan fingerprint density at radius 1 is 0.521 bits per heavy atom. The maximum absolute atomic E-state index is 13.8. The van der Waals surface area contributed by atoms with E-state index in [0.29, 0.717) is 44.7 Å². The molecule has 3 aromatic rings. The highest BCUT2D eigenvalue weighted by Gasteiger charge is 2.43. The summed E-state index contributed by atoms with van der Waals surface area (Å²) in [6.07, 6.45) is -5.98. The molecular weight excluding hydrogens is 927 g/mol. The van der Waals surface area contributed by atoms with Gasteiger partial charge in [0.05, 0.1) is 37.8 Å². The number of fused-ring (bicyclic) bond motifs is 9. The molecule has 392 valence electrons. The number of amides is 6. The van der Waals surface area contributed by atoms with Crippen molar-refractivity contribution in [1.82, 2.24) is 29.4 Å². The molecule has 0 aromatic heterocycles. The van der Waals surface area contributed by atoms with Crippen molar-refractivity contribution in [3.05, 3.63) is 106 Å². The second-order valence-corrected chi connectivity index (χ2v) is 20.6. The van der Waals surface area contributed by atoms with Crippen molar-refractivity contribution in [1.29, 1.82) is 0 Å². The Morgan fingerprint density at radius 3 is 1.38 bits per heavy atom. The van der Waals surface area contributed by atoms with E-state index in [9.17, 15) is 37.5 Å². The summed E-state index contributed by atoms with van der Waals surface area (Å²) in [4.78, 5) is 87.0. The van der Waals surface area contributed by atoms with E-state index in [-0.39, 0.29) is 99.8 Å². The first-order chi connectivity index (χ1) is 38.9. The molecular formula is C59H76F2N6O6. The summed E-state index contributed by atoms with van der Waals surface area (Å²) in [6, 6.07) is 16.2. The SMILES string of the molecule is C.O=C(C1CCCCC1)N1CC(=O)N2CCc3ccc(F)cc3C2C1.[2H]C1([2H])CC(C(=O)N2CC(=O)N3CCc4ccc(F)cc4C3C2)CC([2H])([2H])C1([2H])[2H].[2H]C1([2H])CC(C(=O)N2CC(=O)N3CCc4ccccc4C3C2)CC([2H])([2H])C1([2H])C. The minimum absolute atomic E-state index is 0. The van der Waals surface area contributed by atoms with Gasteiger partial charge >= 0.3 is 0 Å². The summed E-state index contributed by atoms with van der Waals surface area (Å²) in [6.45, 7) is 3.88. The Balaban J connectivity index is 0.000000151. The first-order valence-corrected chi connectivity index (χ1v) is 25.8. The highest BCUT2D eigenvalue weighted by atomic mass is 19.1. The van der Waals surface area contributed by atoms with Crippen molar-refractivity contribution in [2.24, 2.45) is 23.6 Å². The molecule has 9 aliphatic rings. The van der Waals surface area contributed by atoms with Crippen LogP contribution in [0.1, 0.15) is 171 Å². The molecule has 0 N–H and O–H groups in total. The quantitative estimate of drug-likeness (QED) is 0.259. The zero-order valence-corrected chi connectivity index (χ0v) is 41.0. The predicted octanol–water partition coefficient (Wildman–Crippen LogP) is 8.77. The summed E-state index contributed by atoms with van der Waals surface area (Å²) in [5, 5.41) is 0. The number of piperazine rings is 3. The normalized spacial score (nSPS) is 32.6. The minimum Gasteiger partial charge on any atom is -0.332 e. The Labute approximate surface area is 446 Å². The van der Waals surface area contributed by atoms with Crippen LogP contribution in [0.15, 0.2) is 60.7 Å². The van der Waals surface area contributed by atoms with Gasteiger partial charge in [-0.2, -0.15) is 0 Å². The number of rotatable bonds is 3. The summed E-state index contributed by atoms with van der Waals surface area (Å²) in [7, 11) is 0. The number of hydrogen-bond acceptors (Lipinski definition) is 6. The van der Waals surface area contributed by atoms with Gasteiger partial charge in [0.1, 0.15) is 11.6 Å². The molecule has 6 fully saturated rings. The number of halogens is 2. The maximum Gasteiger partial charge on any atom is 0.242 e. The first-order valence-electron chi connectivity index (χ1n) is 31.3. The Bertz CT molecular complexity index is 3040. The number of nitrogens with zero attached hydrogens (tertiary/aromatic N) is 6. The fourth-order valence-electron chi connectivity index (χ4n) is 12.2. The second-order valence-electron chi connectivity index (χ2n) is 20.6. The monoisotopic (exact) mass is 1010 g/mol. The summed E-state index contributed by atoms with van der Waals surface area (Å²) >= 11 is 0. The molecule has 0 bridgehead atoms. The fraction of sp³-hybridized carbons (Fsp3) is 0.593. The molecule has 3 atom stereocenters. The van der Waals surface area contributed by atoms with Crippen LogP contribution in [0, 0.1) is 35.3 Å². The molecule has 6 amide bonds. The van der Waals surface area contributed by atoms with Gasteiger partial charge in [-0.15, -0.1) is 0 Å². The van der Waals surface area contributed by atoms with Crippen LogP contribution in [-0.4, -0.2) is 124 Å². The van der Waals surface area contributed by atoms with E-state index < -0.39 is 80.2 Å². The van der Waals surface area contributed by atoms with E-state index in [2.05, 4.69) is 0 Å². The van der Waals surface area contributed by atoms with E-state index in [1.54, 1.807) is 15.9 Å². The van der Waals surface area contributed by atoms with E-state index in [0.717, 1.165) is 60.8 Å². The van der Waals surface area contributed by atoms with E-state index >= 15 is 0 Å². The van der Waals surface area contributed by atoms with Gasteiger partial charge in [0.15, 0.2) is 0 Å². The average Bonchev–Trinajstić information content (AvgIpc) is 1.36. The standard InChI is InChI=1S/C20H26N2O2.2C19H23FN2O2.CH4/c1-14-6-8-16(9-7-14)20(24)21-12-18-17-5-3-2-4-15(17)10-11-22(18)19(23)13-21;2*20-15-7-6-13-8-9-22-17(16(13)10-15)11-21(12-18(22)23)19(24)14-4-2-1-3-5-14;/h2-5,14,16,18H,6-13H2,1H3;2*6-7,10,14,17H,1-5,8-9,11-12H2;1H4/i6D2,7D2,14D;1D2,2D2,3D2;;. The molecule has 12 nitrogen and oxygen atoms in total. The Kier molecular flexibility index (Phi) is 12.4. The van der Waals surface area contributed by atoms with Crippen LogP contribution in [0.5, 0.6) is 0 Å². The summed E-state index contributed by atoms with van der Waals surface area (Å²) < 4.78 is 116. The predicted molar refractivity (Wildman–Crippen MR) is 274 cm³/mol. The molecule has 3 aromatic carbocycles. The molecule has 3 saturated heterocycles. The van der Waals surface area contributed by atoms with Crippen LogP contribution in [0.25, 0.3) is 0 Å². The fourth-order valence-corrected chi connectivity index (χ4v) is 12.2. The van der Waals surface area contributed by atoms with Gasteiger partial charge < -0.3 is 29.4 Å². The van der Waals surface area contributed by atoms with Crippen molar-refractivity contribution in [3.63, 3.8) is 0 Å². The van der Waals surface area contributed by atoms with Crippen molar-refractivity contribution >= 4 is 35.4 Å². The first kappa shape index (κ1) is 39.8. The molecule has 3 unspecified atom stereocenters. The Hall–Kier alpha value is -5.66. The minimum atomic E-state index is -2.73. The highest BCUT2D eigenvalue weighted by molar-refractivity contribution is 5.89. The van der Waals surface area contributed by atoms with Gasteiger partial charge in [-0.25, -0.2) is 8.78 Å². The Morgan fingerprint density at radius 2 is 0.918 bits per heavy atom. The largest absolute Gasteiger partial charge is 0.332 e. The van der Waals surface area contributed by atoms with Gasteiger partial charge in [-0.1, -0.05) is 89.1 Å². The highest BCUT2D eigenvalue weighted by Crippen LogP contribution is 2.39. The van der Waals surface area contributed by atoms with Crippen molar-refractivity contribution in [2.45, 2.75) is 141 Å². The van der Waals surface area contributed by atoms with Gasteiger partial charge in [-0.05, 0) is 134 Å². The lowest BCUT2D eigenvalue weighted by Gasteiger charge is -2.45. The number of carbonyl (C=O) groups excluding carboxylic acids is 6. The van der Waals surface area contributed by atoms with Gasteiger partial charge in [0, 0.05) is 72.1 Å². The lowest BCUT2D eigenvalue weighted by Crippen LogP contribution is -2.56. The average molecular weight is 1010 g/mol. The van der Waals surface area contributed by atoms with Gasteiger partial charge in [0.2, 0.25) is 35.4 Å². The lowest BCUT2D eigenvalue weighted by atomic mass is 9.82. The third kappa shape index (κ3) is 11.2. The lowest BCUT2D eigenvalue weighted by molar-refractivity contribution is -0.152. The van der Waals surface area contributed by atoms with Crippen LogP contribution in [0.3, 0.4) is 0 Å². The number of hydrogen-bond donors (Lipinski definition) is 0. The molecule has 6 heterocycles. The molecule has 73 heavy (non-hydrogen) atoms. The molecule has 12 rings (SSSR count). The third-order valence-electron chi connectivity index (χ3n) is 16.2. The summed E-state index contributed by atoms with van der Waals surface area (Å²) in [5.41, 5.74) is 5.74. The van der Waals surface area contributed by atoms with Gasteiger partial charge in [0.25, 0.3) is 0 Å². The van der Waals surface area contributed by atoms with Crippen LogP contribution in [-0.2, 0) is 48.0 Å². The second kappa shape index (κ2) is 22.8. The van der Waals surface area contributed by atoms with Crippen LogP contribution in [0.4, 0.5) is 8.78 Å². The van der Waals surface area contributed by atoms with Crippen molar-refractivity contribution in [2.75, 3.05) is 58.9 Å². The molecule has 14 heteroatoms. The molecule has 6 aliphatic heterocycles. The van der Waals surface area contributed by atoms with Crippen LogP contribution in [0.2, 0.25) is 0 Å². The van der Waals surface area contributed by atoms with E-state index in [1.165, 1.54) is 53.0 Å². The molecule has 0 spiro atoms. The number of carbonyl (C=O) groups is 6. The molecule has 3 aliphatic carbocycles. The maximum atomic E-state index is 13.8. The van der Waals surface area contributed by atoms with Gasteiger partial charge in [-0.3, -0.25) is 28.8 Å². The zero-order valence-electron chi connectivity index (χ0n) is 52.0. The van der Waals surface area contributed by atoms with Crippen LogP contribution < -0.4 is 0 Å². The van der Waals surface area contributed by atoms with Crippen LogP contribution >= 0.6 is 0 Å². The molecule has 3 saturated carbocycles. The third-order valence-corrected chi connectivity index (χ3v) is 16.2. The summed E-state index contributed by atoms with van der Waals surface area (Å²) in [5.74, 6) is -5.79. The topological polar surface area (TPSA) is 122 Å². The smallest absolute Gasteiger partial charge is 0.242 e.